The van der Waals surface area contributed by atoms with E-state index in [0.717, 1.165) is 9.13 Å². The fraction of sp³-hybridized carbons (Fsp3) is 0.0714. The van der Waals surface area contributed by atoms with Crippen LogP contribution in [0.5, 0.6) is 5.75 Å². The number of ether oxygens (including phenoxy) is 1. The Hall–Kier alpha value is -1.27. The zero-order valence-electron chi connectivity index (χ0n) is 9.77. The molecule has 0 atom stereocenters. The minimum absolute atomic E-state index is 0.0819. The van der Waals surface area contributed by atoms with E-state index in [0.29, 0.717) is 5.02 Å². The van der Waals surface area contributed by atoms with Crippen molar-refractivity contribution in [3.63, 3.8) is 0 Å². The summed E-state index contributed by atoms with van der Waals surface area (Å²) in [6, 6.07) is 11.8. The summed E-state index contributed by atoms with van der Waals surface area (Å²) in [5.41, 5.74) is 1.00. The average Bonchev–Trinajstić information content (AvgIpc) is 2.40. The Balaban J connectivity index is 2.05. The summed E-state index contributed by atoms with van der Waals surface area (Å²) in [6.07, 6.45) is 0. The molecule has 3 nitrogen and oxygen atoms in total. The van der Waals surface area contributed by atoms with Gasteiger partial charge in [-0.15, -0.1) is 0 Å². The van der Waals surface area contributed by atoms with Gasteiger partial charge >= 0.3 is 5.97 Å². The van der Waals surface area contributed by atoms with E-state index in [4.69, 9.17) is 16.3 Å². The zero-order valence-corrected chi connectivity index (χ0v) is 12.7. The van der Waals surface area contributed by atoms with E-state index in [1.807, 2.05) is 0 Å². The fourth-order valence-electron chi connectivity index (χ4n) is 1.48. The van der Waals surface area contributed by atoms with Gasteiger partial charge in [0.05, 0.1) is 0 Å². The van der Waals surface area contributed by atoms with Crippen molar-refractivity contribution in [2.75, 3.05) is 0 Å². The van der Waals surface area contributed by atoms with Gasteiger partial charge in [0, 0.05) is 8.59 Å². The van der Waals surface area contributed by atoms with Gasteiger partial charge in [0.1, 0.15) is 17.9 Å². The van der Waals surface area contributed by atoms with Gasteiger partial charge in [0.2, 0.25) is 0 Å². The van der Waals surface area contributed by atoms with Crippen LogP contribution in [0.15, 0.2) is 42.5 Å². The Bertz CT molecular complexity index is 596. The minimum Gasteiger partial charge on any atom is -0.507 e. The summed E-state index contributed by atoms with van der Waals surface area (Å²) in [5, 5.41) is 10.2. The molecule has 0 heterocycles. The Labute approximate surface area is 129 Å². The van der Waals surface area contributed by atoms with Crippen molar-refractivity contribution in [2.24, 2.45) is 0 Å². The number of esters is 1. The number of phenols is 1. The molecule has 0 aliphatic rings. The number of hydrogen-bond acceptors (Lipinski definition) is 3. The molecule has 0 saturated carbocycles. The lowest BCUT2D eigenvalue weighted by atomic mass is 10.2. The van der Waals surface area contributed by atoms with Gasteiger partial charge in [-0.05, 0) is 58.5 Å². The number of benzene rings is 2. The fourth-order valence-corrected chi connectivity index (χ4v) is 2.10. The van der Waals surface area contributed by atoms with E-state index in [9.17, 15) is 9.90 Å². The monoisotopic (exact) mass is 388 g/mol. The molecule has 0 saturated heterocycles. The van der Waals surface area contributed by atoms with Crippen molar-refractivity contribution in [3.05, 3.63) is 62.2 Å². The highest BCUT2D eigenvalue weighted by Gasteiger charge is 2.13. The van der Waals surface area contributed by atoms with Crippen molar-refractivity contribution in [1.29, 1.82) is 0 Å². The van der Waals surface area contributed by atoms with Gasteiger partial charge in [-0.2, -0.15) is 0 Å². The van der Waals surface area contributed by atoms with E-state index in [2.05, 4.69) is 22.6 Å². The van der Waals surface area contributed by atoms with Gasteiger partial charge in [-0.1, -0.05) is 23.7 Å². The maximum absolute atomic E-state index is 11.8. The molecule has 5 heteroatoms. The van der Waals surface area contributed by atoms with Crippen molar-refractivity contribution in [2.45, 2.75) is 6.61 Å². The van der Waals surface area contributed by atoms with Gasteiger partial charge < -0.3 is 9.84 Å². The largest absolute Gasteiger partial charge is 0.507 e. The standard InChI is InChI=1S/C14H10ClIO3/c15-10-3-1-9(2-4-10)8-19-14(18)12-7-11(16)5-6-13(12)17/h1-7,17H,8H2. The van der Waals surface area contributed by atoms with Crippen molar-refractivity contribution < 1.29 is 14.6 Å². The average molecular weight is 389 g/mol. The van der Waals surface area contributed by atoms with Crippen molar-refractivity contribution in [1.82, 2.24) is 0 Å². The summed E-state index contributed by atoms with van der Waals surface area (Å²) in [4.78, 5) is 11.8. The first-order valence-corrected chi connectivity index (χ1v) is 6.92. The van der Waals surface area contributed by atoms with Crippen LogP contribution < -0.4 is 0 Å². The zero-order chi connectivity index (χ0) is 13.8. The van der Waals surface area contributed by atoms with E-state index >= 15 is 0 Å². The molecule has 0 fully saturated rings. The van der Waals surface area contributed by atoms with Crippen LogP contribution in [0.3, 0.4) is 0 Å². The number of aromatic hydroxyl groups is 1. The second kappa shape index (κ2) is 6.25. The number of halogens is 2. The lowest BCUT2D eigenvalue weighted by molar-refractivity contribution is 0.0469. The Morgan fingerprint density at radius 2 is 1.89 bits per heavy atom. The first kappa shape index (κ1) is 14.1. The number of phenolic OH excluding ortho intramolecular Hbond substituents is 1. The molecule has 0 aromatic heterocycles. The second-order valence-corrected chi connectivity index (χ2v) is 5.55. The molecule has 0 aliphatic carbocycles. The lowest BCUT2D eigenvalue weighted by Gasteiger charge is -2.07. The molecule has 2 aromatic carbocycles. The van der Waals surface area contributed by atoms with Crippen LogP contribution in [-0.4, -0.2) is 11.1 Å². The molecule has 2 rings (SSSR count). The number of rotatable bonds is 3. The molecule has 0 aliphatic heterocycles. The van der Waals surface area contributed by atoms with Crippen LogP contribution in [-0.2, 0) is 11.3 Å². The Morgan fingerprint density at radius 1 is 1.21 bits per heavy atom. The molecule has 98 valence electrons. The molecular weight excluding hydrogens is 379 g/mol. The summed E-state index contributed by atoms with van der Waals surface area (Å²) >= 11 is 7.83. The smallest absolute Gasteiger partial charge is 0.342 e. The molecule has 0 radical (unpaired) electrons. The van der Waals surface area contributed by atoms with Crippen LogP contribution in [0.4, 0.5) is 0 Å². The minimum atomic E-state index is -0.550. The quantitative estimate of drug-likeness (QED) is 0.638. The first-order valence-electron chi connectivity index (χ1n) is 5.46. The second-order valence-electron chi connectivity index (χ2n) is 3.86. The van der Waals surface area contributed by atoms with Gasteiger partial charge in [-0.3, -0.25) is 0 Å². The number of hydrogen-bond donors (Lipinski definition) is 1. The van der Waals surface area contributed by atoms with Crippen LogP contribution in [0.25, 0.3) is 0 Å². The van der Waals surface area contributed by atoms with Crippen molar-refractivity contribution >= 4 is 40.2 Å². The third-order valence-corrected chi connectivity index (χ3v) is 3.38. The van der Waals surface area contributed by atoms with E-state index in [1.165, 1.54) is 6.07 Å². The Kier molecular flexibility index (Phi) is 4.66. The molecule has 0 spiro atoms. The summed E-state index contributed by atoms with van der Waals surface area (Å²) in [5.74, 6) is -0.632. The van der Waals surface area contributed by atoms with Crippen LogP contribution in [0, 0.1) is 3.57 Å². The predicted octanol–water partition coefficient (Wildman–Crippen LogP) is 4.01. The highest BCUT2D eigenvalue weighted by atomic mass is 127. The maximum atomic E-state index is 11.8. The maximum Gasteiger partial charge on any atom is 0.342 e. The first-order chi connectivity index (χ1) is 9.06. The molecule has 0 bridgehead atoms. The topological polar surface area (TPSA) is 46.5 Å². The summed E-state index contributed by atoms with van der Waals surface area (Å²) < 4.78 is 6.00. The van der Waals surface area contributed by atoms with E-state index in [-0.39, 0.29) is 17.9 Å². The Morgan fingerprint density at radius 3 is 2.58 bits per heavy atom. The molecule has 2 aromatic rings. The molecule has 0 amide bonds. The predicted molar refractivity (Wildman–Crippen MR) is 81.4 cm³/mol. The van der Waals surface area contributed by atoms with E-state index < -0.39 is 5.97 Å². The normalized spacial score (nSPS) is 10.2. The summed E-state index contributed by atoms with van der Waals surface area (Å²) in [7, 11) is 0. The summed E-state index contributed by atoms with van der Waals surface area (Å²) in [6.45, 7) is 0.140. The van der Waals surface area contributed by atoms with Crippen LogP contribution in [0.2, 0.25) is 5.02 Å². The number of carbonyl (C=O) groups is 1. The SMILES string of the molecule is O=C(OCc1ccc(Cl)cc1)c1cc(I)ccc1O. The third kappa shape index (κ3) is 3.84. The molecule has 1 N–H and O–H groups in total. The highest BCUT2D eigenvalue weighted by Crippen LogP contribution is 2.21. The molecular formula is C14H10ClIO3. The lowest BCUT2D eigenvalue weighted by Crippen LogP contribution is -2.05. The highest BCUT2D eigenvalue weighted by molar-refractivity contribution is 14.1. The van der Waals surface area contributed by atoms with Crippen LogP contribution >= 0.6 is 34.2 Å². The molecule has 19 heavy (non-hydrogen) atoms. The van der Waals surface area contributed by atoms with Gasteiger partial charge in [-0.25, -0.2) is 4.79 Å². The molecule has 0 unspecified atom stereocenters. The number of carbonyl (C=O) groups excluding carboxylic acids is 1. The van der Waals surface area contributed by atoms with Crippen LogP contribution in [0.1, 0.15) is 15.9 Å². The third-order valence-electron chi connectivity index (χ3n) is 2.46. The van der Waals surface area contributed by atoms with Gasteiger partial charge in [0.15, 0.2) is 0 Å². The van der Waals surface area contributed by atoms with Crippen molar-refractivity contribution in [3.8, 4) is 5.75 Å². The van der Waals surface area contributed by atoms with Gasteiger partial charge in [0.25, 0.3) is 0 Å². The van der Waals surface area contributed by atoms with E-state index in [1.54, 1.807) is 36.4 Å².